The number of hydrogen-bond donors (Lipinski definition) is 2. The van der Waals surface area contributed by atoms with E-state index >= 15 is 0 Å². The van der Waals surface area contributed by atoms with Gasteiger partial charge < -0.3 is 15.3 Å². The van der Waals surface area contributed by atoms with Crippen LogP contribution in [0.15, 0.2) is 24.3 Å². The van der Waals surface area contributed by atoms with Gasteiger partial charge in [-0.1, -0.05) is 20.8 Å². The molecule has 25 heavy (non-hydrogen) atoms. The van der Waals surface area contributed by atoms with Crippen molar-refractivity contribution in [3.63, 3.8) is 0 Å². The van der Waals surface area contributed by atoms with E-state index in [0.29, 0.717) is 17.7 Å². The van der Waals surface area contributed by atoms with Crippen molar-refractivity contribution in [1.82, 2.24) is 10.2 Å². The number of carbonyl (C=O) groups excluding carboxylic acids is 2. The molecular formula is C19H26N2O4. The summed E-state index contributed by atoms with van der Waals surface area (Å²) in [6, 6.07) is 5.49. The first-order valence-electron chi connectivity index (χ1n) is 8.54. The highest BCUT2D eigenvalue weighted by Gasteiger charge is 2.38. The third kappa shape index (κ3) is 5.05. The van der Waals surface area contributed by atoms with Crippen LogP contribution in [0.1, 0.15) is 61.3 Å². The summed E-state index contributed by atoms with van der Waals surface area (Å²) in [6.07, 6.45) is 1.66. The minimum Gasteiger partial charge on any atom is -0.480 e. The van der Waals surface area contributed by atoms with E-state index in [2.05, 4.69) is 5.32 Å². The smallest absolute Gasteiger partial charge is 0.326 e. The van der Waals surface area contributed by atoms with Crippen LogP contribution >= 0.6 is 0 Å². The predicted octanol–water partition coefficient (Wildman–Crippen LogP) is 2.54. The molecule has 6 heteroatoms. The van der Waals surface area contributed by atoms with Gasteiger partial charge in [0.15, 0.2) is 0 Å². The summed E-state index contributed by atoms with van der Waals surface area (Å²) >= 11 is 0. The second kappa shape index (κ2) is 7.25. The molecule has 2 N–H and O–H groups in total. The monoisotopic (exact) mass is 346 g/mol. The molecule has 1 aliphatic rings. The molecular weight excluding hydrogens is 320 g/mol. The molecule has 1 fully saturated rings. The molecule has 1 aromatic carbocycles. The summed E-state index contributed by atoms with van der Waals surface area (Å²) in [5.74, 6) is -1.51. The third-order valence-electron chi connectivity index (χ3n) is 4.12. The Labute approximate surface area is 148 Å². The maximum Gasteiger partial charge on any atom is 0.326 e. The lowest BCUT2D eigenvalue weighted by atomic mass is 9.97. The highest BCUT2D eigenvalue weighted by molar-refractivity contribution is 5.99. The zero-order valence-corrected chi connectivity index (χ0v) is 15.2. The number of carboxylic acids is 1. The van der Waals surface area contributed by atoms with Crippen molar-refractivity contribution < 1.29 is 19.5 Å². The maximum atomic E-state index is 12.7. The third-order valence-corrected chi connectivity index (χ3v) is 4.12. The first-order valence-corrected chi connectivity index (χ1v) is 8.54. The Kier molecular flexibility index (Phi) is 5.50. The Balaban J connectivity index is 2.09. The fraction of sp³-hybridized carbons (Fsp3) is 0.526. The number of nitrogens with zero attached hydrogens (tertiary/aromatic N) is 1. The van der Waals surface area contributed by atoms with Crippen molar-refractivity contribution in [3.8, 4) is 0 Å². The second-order valence-electron chi connectivity index (χ2n) is 7.78. The van der Waals surface area contributed by atoms with E-state index in [-0.39, 0.29) is 23.3 Å². The second-order valence-corrected chi connectivity index (χ2v) is 7.78. The molecule has 6 nitrogen and oxygen atoms in total. The molecule has 1 saturated carbocycles. The number of nitrogens with one attached hydrogen (secondary N) is 1. The standard InChI is InChI=1S/C19H26N2O4/c1-12(18(24)25)21(15-9-10-15)17(23)14-7-5-13(6-8-14)16(22)20-11-19(2,3)4/h5-8,12,15H,9-11H2,1-4H3,(H,20,22)(H,24,25). The summed E-state index contributed by atoms with van der Waals surface area (Å²) in [7, 11) is 0. The zero-order chi connectivity index (χ0) is 18.8. The molecule has 1 atom stereocenters. The van der Waals surface area contributed by atoms with Gasteiger partial charge in [0, 0.05) is 23.7 Å². The summed E-state index contributed by atoms with van der Waals surface area (Å²) < 4.78 is 0. The SMILES string of the molecule is CC(C(=O)O)N(C(=O)c1ccc(C(=O)NCC(C)(C)C)cc1)C1CC1. The van der Waals surface area contributed by atoms with Crippen LogP contribution in [0.2, 0.25) is 0 Å². The summed E-state index contributed by atoms with van der Waals surface area (Å²) in [4.78, 5) is 37.5. The first-order chi connectivity index (χ1) is 11.6. The lowest BCUT2D eigenvalue weighted by Gasteiger charge is -2.26. The molecule has 0 aliphatic heterocycles. The minimum atomic E-state index is -1.02. The van der Waals surface area contributed by atoms with Crippen molar-refractivity contribution in [3.05, 3.63) is 35.4 Å². The molecule has 0 spiro atoms. The molecule has 0 saturated heterocycles. The van der Waals surface area contributed by atoms with E-state index in [1.54, 1.807) is 24.3 Å². The topological polar surface area (TPSA) is 86.7 Å². The largest absolute Gasteiger partial charge is 0.480 e. The lowest BCUT2D eigenvalue weighted by molar-refractivity contribution is -0.141. The molecule has 1 aliphatic carbocycles. The van der Waals surface area contributed by atoms with Crippen LogP contribution in [0.25, 0.3) is 0 Å². The Morgan fingerprint density at radius 3 is 2.12 bits per heavy atom. The molecule has 1 aromatic rings. The number of hydrogen-bond acceptors (Lipinski definition) is 3. The molecule has 0 radical (unpaired) electrons. The summed E-state index contributed by atoms with van der Waals surface area (Å²) in [6.45, 7) is 8.17. The van der Waals surface area contributed by atoms with E-state index in [1.807, 2.05) is 20.8 Å². The first kappa shape index (κ1) is 19.0. The number of amides is 2. The fourth-order valence-electron chi connectivity index (χ4n) is 2.49. The van der Waals surface area contributed by atoms with E-state index < -0.39 is 12.0 Å². The fourth-order valence-corrected chi connectivity index (χ4v) is 2.49. The van der Waals surface area contributed by atoms with Gasteiger partial charge in [-0.05, 0) is 49.4 Å². The minimum absolute atomic E-state index is 0.00615. The van der Waals surface area contributed by atoms with Gasteiger partial charge >= 0.3 is 5.97 Å². The lowest BCUT2D eigenvalue weighted by Crippen LogP contribution is -2.44. The highest BCUT2D eigenvalue weighted by atomic mass is 16.4. The van der Waals surface area contributed by atoms with Gasteiger partial charge in [0.25, 0.3) is 11.8 Å². The van der Waals surface area contributed by atoms with Gasteiger partial charge in [0.2, 0.25) is 0 Å². The van der Waals surface area contributed by atoms with E-state index in [4.69, 9.17) is 0 Å². The number of aliphatic carboxylic acids is 1. The predicted molar refractivity (Wildman–Crippen MR) is 94.5 cm³/mol. The Bertz CT molecular complexity index is 657. The van der Waals surface area contributed by atoms with Crippen LogP contribution in [-0.4, -0.2) is 46.4 Å². The molecule has 136 valence electrons. The average molecular weight is 346 g/mol. The van der Waals surface area contributed by atoms with E-state index in [0.717, 1.165) is 12.8 Å². The van der Waals surface area contributed by atoms with Crippen molar-refractivity contribution >= 4 is 17.8 Å². The van der Waals surface area contributed by atoms with Crippen LogP contribution in [0.3, 0.4) is 0 Å². The average Bonchev–Trinajstić information content (AvgIpc) is 3.36. The van der Waals surface area contributed by atoms with Crippen LogP contribution in [0.5, 0.6) is 0 Å². The number of rotatable bonds is 6. The van der Waals surface area contributed by atoms with Gasteiger partial charge in [0.1, 0.15) is 6.04 Å². The van der Waals surface area contributed by atoms with Gasteiger partial charge in [-0.2, -0.15) is 0 Å². The zero-order valence-electron chi connectivity index (χ0n) is 15.2. The Morgan fingerprint density at radius 1 is 1.16 bits per heavy atom. The Hall–Kier alpha value is -2.37. The summed E-state index contributed by atoms with van der Waals surface area (Å²) in [5, 5.41) is 12.1. The normalized spacial score (nSPS) is 15.4. The molecule has 0 aromatic heterocycles. The maximum absolute atomic E-state index is 12.7. The molecule has 2 amide bonds. The van der Waals surface area contributed by atoms with Gasteiger partial charge in [-0.15, -0.1) is 0 Å². The highest BCUT2D eigenvalue weighted by Crippen LogP contribution is 2.30. The van der Waals surface area contributed by atoms with Gasteiger partial charge in [-0.3, -0.25) is 9.59 Å². The van der Waals surface area contributed by atoms with Gasteiger partial charge in [-0.25, -0.2) is 4.79 Å². The number of carbonyl (C=O) groups is 3. The van der Waals surface area contributed by atoms with Crippen molar-refractivity contribution in [2.75, 3.05) is 6.54 Å². The number of carboxylic acid groups (broad SMARTS) is 1. The van der Waals surface area contributed by atoms with Crippen molar-refractivity contribution in [2.45, 2.75) is 52.6 Å². The van der Waals surface area contributed by atoms with Crippen LogP contribution in [-0.2, 0) is 4.79 Å². The molecule has 0 heterocycles. The van der Waals surface area contributed by atoms with Gasteiger partial charge in [0.05, 0.1) is 0 Å². The van der Waals surface area contributed by atoms with E-state index in [9.17, 15) is 19.5 Å². The van der Waals surface area contributed by atoms with Crippen LogP contribution < -0.4 is 5.32 Å². The Morgan fingerprint density at radius 2 is 1.68 bits per heavy atom. The molecule has 0 bridgehead atoms. The quantitative estimate of drug-likeness (QED) is 0.829. The van der Waals surface area contributed by atoms with Crippen LogP contribution in [0.4, 0.5) is 0 Å². The van der Waals surface area contributed by atoms with Crippen LogP contribution in [0, 0.1) is 5.41 Å². The van der Waals surface area contributed by atoms with Crippen molar-refractivity contribution in [1.29, 1.82) is 0 Å². The molecule has 2 rings (SSSR count). The van der Waals surface area contributed by atoms with Crippen molar-refractivity contribution in [2.24, 2.45) is 5.41 Å². The molecule has 1 unspecified atom stereocenters. The van der Waals surface area contributed by atoms with E-state index in [1.165, 1.54) is 11.8 Å². The number of benzene rings is 1. The summed E-state index contributed by atoms with van der Waals surface area (Å²) in [5.41, 5.74) is 0.862.